The molecule has 1 nitrogen and oxygen atoms in total. The van der Waals surface area contributed by atoms with Gasteiger partial charge in [-0.25, -0.2) is 0 Å². The van der Waals surface area contributed by atoms with Crippen LogP contribution in [0.15, 0.2) is 30.3 Å². The molecule has 1 aromatic rings. The lowest BCUT2D eigenvalue weighted by molar-refractivity contribution is -0.0261. The van der Waals surface area contributed by atoms with Gasteiger partial charge >= 0.3 is 0 Å². The van der Waals surface area contributed by atoms with E-state index >= 15 is 0 Å². The molecule has 14 heavy (non-hydrogen) atoms. The van der Waals surface area contributed by atoms with Crippen molar-refractivity contribution >= 4 is 15.9 Å². The molecule has 0 fully saturated rings. The molecule has 0 aliphatic heterocycles. The average Bonchev–Trinajstić information content (AvgIpc) is 2.16. The lowest BCUT2D eigenvalue weighted by Crippen LogP contribution is -2.32. The summed E-state index contributed by atoms with van der Waals surface area (Å²) in [5.74, 6) is 0. The molecule has 0 saturated carbocycles. The van der Waals surface area contributed by atoms with Crippen molar-refractivity contribution in [3.63, 3.8) is 0 Å². The summed E-state index contributed by atoms with van der Waals surface area (Å²) < 4.78 is 5.83. The summed E-state index contributed by atoms with van der Waals surface area (Å²) in [5, 5.41) is 0. The lowest BCUT2D eigenvalue weighted by Gasteiger charge is -2.28. The highest BCUT2D eigenvalue weighted by Crippen LogP contribution is 2.22. The summed E-state index contributed by atoms with van der Waals surface area (Å²) in [6.07, 6.45) is 0. The molecule has 1 rings (SSSR count). The van der Waals surface area contributed by atoms with E-state index in [4.69, 9.17) is 4.74 Å². The van der Waals surface area contributed by atoms with E-state index < -0.39 is 0 Å². The molecule has 2 heteroatoms. The van der Waals surface area contributed by atoms with E-state index in [-0.39, 0.29) is 5.60 Å². The average molecular weight is 257 g/mol. The Kier molecular flexibility index (Phi) is 4.14. The normalized spacial score (nSPS) is 14.0. The highest BCUT2D eigenvalue weighted by Gasteiger charge is 2.24. The van der Waals surface area contributed by atoms with E-state index in [1.165, 1.54) is 5.56 Å². The second kappa shape index (κ2) is 4.94. The largest absolute Gasteiger partial charge is 0.370 e. The summed E-state index contributed by atoms with van der Waals surface area (Å²) in [6, 6.07) is 10.2. The summed E-state index contributed by atoms with van der Waals surface area (Å²) in [5.41, 5.74) is 1.09. The Morgan fingerprint density at radius 1 is 1.29 bits per heavy atom. The molecule has 0 aromatic heterocycles. The van der Waals surface area contributed by atoms with Gasteiger partial charge in [0, 0.05) is 4.83 Å². The van der Waals surface area contributed by atoms with E-state index in [1.54, 1.807) is 0 Å². The molecule has 1 unspecified atom stereocenters. The predicted molar refractivity (Wildman–Crippen MR) is 63.7 cm³/mol. The van der Waals surface area contributed by atoms with Gasteiger partial charge in [0.2, 0.25) is 0 Å². The van der Waals surface area contributed by atoms with Crippen LogP contribution in [0, 0.1) is 0 Å². The Morgan fingerprint density at radius 2 is 1.86 bits per heavy atom. The third-order valence-electron chi connectivity index (χ3n) is 2.41. The van der Waals surface area contributed by atoms with Gasteiger partial charge in [-0.15, -0.1) is 0 Å². The van der Waals surface area contributed by atoms with E-state index in [1.807, 2.05) is 18.2 Å². The molecule has 0 heterocycles. The van der Waals surface area contributed by atoms with Gasteiger partial charge in [-0.2, -0.15) is 0 Å². The van der Waals surface area contributed by atoms with Crippen molar-refractivity contribution in [2.75, 3.05) is 0 Å². The number of ether oxygens (including phenoxy) is 1. The van der Waals surface area contributed by atoms with Crippen molar-refractivity contribution in [3.8, 4) is 0 Å². The third kappa shape index (κ3) is 3.43. The van der Waals surface area contributed by atoms with Gasteiger partial charge in [-0.05, 0) is 26.3 Å². The van der Waals surface area contributed by atoms with Crippen LogP contribution in [0.4, 0.5) is 0 Å². The maximum atomic E-state index is 5.83. The van der Waals surface area contributed by atoms with E-state index in [0.29, 0.717) is 11.4 Å². The SMILES string of the molecule is CC(Br)C(C)(C)OCc1ccccc1. The molecule has 0 amide bonds. The fraction of sp³-hybridized carbons (Fsp3) is 0.500. The highest BCUT2D eigenvalue weighted by molar-refractivity contribution is 9.09. The molecule has 78 valence electrons. The van der Waals surface area contributed by atoms with Gasteiger partial charge in [0.1, 0.15) is 0 Å². The zero-order valence-electron chi connectivity index (χ0n) is 8.96. The second-order valence-electron chi connectivity index (χ2n) is 3.99. The van der Waals surface area contributed by atoms with Crippen LogP contribution in [-0.4, -0.2) is 10.4 Å². The topological polar surface area (TPSA) is 9.23 Å². The predicted octanol–water partition coefficient (Wildman–Crippen LogP) is 3.77. The molecule has 0 bridgehead atoms. The van der Waals surface area contributed by atoms with Gasteiger partial charge in [-0.1, -0.05) is 46.3 Å². The molecule has 1 aromatic carbocycles. The maximum Gasteiger partial charge on any atom is 0.0752 e. The number of hydrogen-bond acceptors (Lipinski definition) is 1. The minimum Gasteiger partial charge on any atom is -0.370 e. The van der Waals surface area contributed by atoms with E-state index in [9.17, 15) is 0 Å². The molecule has 0 N–H and O–H groups in total. The number of alkyl halides is 1. The van der Waals surface area contributed by atoms with Crippen molar-refractivity contribution in [2.24, 2.45) is 0 Å². The molecule has 0 spiro atoms. The van der Waals surface area contributed by atoms with Crippen molar-refractivity contribution in [1.82, 2.24) is 0 Å². The van der Waals surface area contributed by atoms with Crippen molar-refractivity contribution in [2.45, 2.75) is 37.8 Å². The fourth-order valence-corrected chi connectivity index (χ4v) is 1.09. The summed E-state index contributed by atoms with van der Waals surface area (Å²) in [4.78, 5) is 0.346. The zero-order chi connectivity index (χ0) is 10.6. The lowest BCUT2D eigenvalue weighted by atomic mass is 10.1. The van der Waals surface area contributed by atoms with Crippen LogP contribution >= 0.6 is 15.9 Å². The van der Waals surface area contributed by atoms with Gasteiger partial charge in [0.25, 0.3) is 0 Å². The van der Waals surface area contributed by atoms with Crippen molar-refractivity contribution in [3.05, 3.63) is 35.9 Å². The third-order valence-corrected chi connectivity index (χ3v) is 3.51. The number of benzene rings is 1. The Hall–Kier alpha value is -0.340. The van der Waals surface area contributed by atoms with Crippen LogP contribution in [-0.2, 0) is 11.3 Å². The molecular weight excluding hydrogens is 240 g/mol. The van der Waals surface area contributed by atoms with Crippen LogP contribution < -0.4 is 0 Å². The molecule has 1 atom stereocenters. The first-order valence-electron chi connectivity index (χ1n) is 4.84. The van der Waals surface area contributed by atoms with Crippen LogP contribution in [0.1, 0.15) is 26.3 Å². The summed E-state index contributed by atoms with van der Waals surface area (Å²) in [7, 11) is 0. The van der Waals surface area contributed by atoms with Crippen LogP contribution in [0.25, 0.3) is 0 Å². The van der Waals surface area contributed by atoms with Crippen molar-refractivity contribution in [1.29, 1.82) is 0 Å². The summed E-state index contributed by atoms with van der Waals surface area (Å²) in [6.45, 7) is 6.96. The number of halogens is 1. The first-order chi connectivity index (χ1) is 6.52. The number of hydrogen-bond donors (Lipinski definition) is 0. The second-order valence-corrected chi connectivity index (χ2v) is 5.37. The molecule has 0 radical (unpaired) electrons. The zero-order valence-corrected chi connectivity index (χ0v) is 10.5. The first kappa shape index (κ1) is 11.7. The van der Waals surface area contributed by atoms with E-state index in [0.717, 1.165) is 0 Å². The Balaban J connectivity index is 2.49. The van der Waals surface area contributed by atoms with Crippen LogP contribution in [0.5, 0.6) is 0 Å². The van der Waals surface area contributed by atoms with E-state index in [2.05, 4.69) is 48.8 Å². The first-order valence-corrected chi connectivity index (χ1v) is 5.76. The molecule has 0 saturated heterocycles. The minimum atomic E-state index is -0.129. The Bertz CT molecular complexity index is 267. The maximum absolute atomic E-state index is 5.83. The van der Waals surface area contributed by atoms with Gasteiger partial charge in [0.15, 0.2) is 0 Å². The molecular formula is C12H17BrO. The smallest absolute Gasteiger partial charge is 0.0752 e. The monoisotopic (exact) mass is 256 g/mol. The quantitative estimate of drug-likeness (QED) is 0.746. The fourth-order valence-electron chi connectivity index (χ4n) is 0.958. The standard InChI is InChI=1S/C12H17BrO/c1-10(13)12(2,3)14-9-11-7-5-4-6-8-11/h4-8,10H,9H2,1-3H3. The van der Waals surface area contributed by atoms with Gasteiger partial charge in [-0.3, -0.25) is 0 Å². The minimum absolute atomic E-state index is 0.129. The highest BCUT2D eigenvalue weighted by atomic mass is 79.9. The number of rotatable bonds is 4. The van der Waals surface area contributed by atoms with Gasteiger partial charge in [0.05, 0.1) is 12.2 Å². The van der Waals surface area contributed by atoms with Crippen LogP contribution in [0.2, 0.25) is 0 Å². The Morgan fingerprint density at radius 3 is 2.36 bits per heavy atom. The molecule has 0 aliphatic carbocycles. The Labute approximate surface area is 94.6 Å². The van der Waals surface area contributed by atoms with Gasteiger partial charge < -0.3 is 4.74 Å². The van der Waals surface area contributed by atoms with Crippen LogP contribution in [0.3, 0.4) is 0 Å². The van der Waals surface area contributed by atoms with Crippen molar-refractivity contribution < 1.29 is 4.74 Å². The molecule has 0 aliphatic rings. The summed E-state index contributed by atoms with van der Waals surface area (Å²) >= 11 is 3.54.